The summed E-state index contributed by atoms with van der Waals surface area (Å²) < 4.78 is 0. The van der Waals surface area contributed by atoms with Gasteiger partial charge in [-0.15, -0.1) is 0 Å². The Morgan fingerprint density at radius 3 is 2.58 bits per heavy atom. The standard InChI is InChI=1S/C18H22N4O2/c1-3-19-18(20-12-15-7-4-6-14(2)10-15)21-13-16-8-5-9-17(11-16)22(23)24/h4-11H,3,12-13H2,1-2H3,(H2,19,20,21). The fourth-order valence-electron chi connectivity index (χ4n) is 2.29. The van der Waals surface area contributed by atoms with Crippen molar-refractivity contribution in [2.45, 2.75) is 26.9 Å². The summed E-state index contributed by atoms with van der Waals surface area (Å²) in [5.41, 5.74) is 3.28. The number of guanidine groups is 1. The highest BCUT2D eigenvalue weighted by Gasteiger charge is 2.05. The van der Waals surface area contributed by atoms with Gasteiger partial charge < -0.3 is 10.6 Å². The fraction of sp³-hybridized carbons (Fsp3) is 0.278. The molecular weight excluding hydrogens is 304 g/mol. The number of benzene rings is 2. The van der Waals surface area contributed by atoms with Crippen molar-refractivity contribution in [3.63, 3.8) is 0 Å². The Kier molecular flexibility index (Phi) is 6.31. The summed E-state index contributed by atoms with van der Waals surface area (Å²) in [4.78, 5) is 14.9. The second-order valence-electron chi connectivity index (χ2n) is 5.46. The molecule has 0 spiro atoms. The monoisotopic (exact) mass is 326 g/mol. The van der Waals surface area contributed by atoms with Crippen molar-refractivity contribution < 1.29 is 4.92 Å². The second-order valence-corrected chi connectivity index (χ2v) is 5.46. The van der Waals surface area contributed by atoms with Crippen LogP contribution in [-0.2, 0) is 13.1 Å². The maximum atomic E-state index is 10.8. The Hall–Kier alpha value is -2.89. The Morgan fingerprint density at radius 2 is 1.88 bits per heavy atom. The van der Waals surface area contributed by atoms with Gasteiger partial charge in [-0.1, -0.05) is 42.0 Å². The third-order valence-corrected chi connectivity index (χ3v) is 3.43. The minimum absolute atomic E-state index is 0.0837. The number of non-ortho nitro benzene ring substituents is 1. The van der Waals surface area contributed by atoms with E-state index in [0.29, 0.717) is 19.0 Å². The number of nitro groups is 1. The van der Waals surface area contributed by atoms with Crippen LogP contribution >= 0.6 is 0 Å². The third kappa shape index (κ3) is 5.39. The number of hydrogen-bond acceptors (Lipinski definition) is 3. The van der Waals surface area contributed by atoms with E-state index in [-0.39, 0.29) is 5.69 Å². The lowest BCUT2D eigenvalue weighted by Gasteiger charge is -2.11. The highest BCUT2D eigenvalue weighted by Crippen LogP contribution is 2.13. The van der Waals surface area contributed by atoms with Crippen LogP contribution in [0.3, 0.4) is 0 Å². The zero-order chi connectivity index (χ0) is 17.4. The van der Waals surface area contributed by atoms with Crippen molar-refractivity contribution in [2.24, 2.45) is 4.99 Å². The fourth-order valence-corrected chi connectivity index (χ4v) is 2.29. The Morgan fingerprint density at radius 1 is 1.12 bits per heavy atom. The lowest BCUT2D eigenvalue weighted by atomic mass is 10.1. The Bertz CT molecular complexity index is 728. The van der Waals surface area contributed by atoms with E-state index in [0.717, 1.165) is 12.1 Å². The number of nitrogens with zero attached hydrogens (tertiary/aromatic N) is 2. The van der Waals surface area contributed by atoms with Gasteiger partial charge >= 0.3 is 0 Å². The normalized spacial score (nSPS) is 11.2. The van der Waals surface area contributed by atoms with E-state index in [1.54, 1.807) is 12.1 Å². The molecule has 2 aromatic rings. The third-order valence-electron chi connectivity index (χ3n) is 3.43. The molecule has 0 aliphatic carbocycles. The van der Waals surface area contributed by atoms with Crippen LogP contribution in [0.1, 0.15) is 23.6 Å². The van der Waals surface area contributed by atoms with Crippen LogP contribution in [0.4, 0.5) is 5.69 Å². The molecule has 126 valence electrons. The maximum Gasteiger partial charge on any atom is 0.269 e. The number of aryl methyl sites for hydroxylation is 1. The first-order valence-electron chi connectivity index (χ1n) is 7.89. The van der Waals surface area contributed by atoms with Crippen molar-refractivity contribution in [1.82, 2.24) is 10.6 Å². The van der Waals surface area contributed by atoms with Crippen molar-refractivity contribution in [2.75, 3.05) is 6.54 Å². The number of hydrogen-bond donors (Lipinski definition) is 2. The molecule has 0 aromatic heterocycles. The van der Waals surface area contributed by atoms with Gasteiger partial charge in [-0.05, 0) is 25.0 Å². The molecule has 0 bridgehead atoms. The van der Waals surface area contributed by atoms with Crippen LogP contribution in [0.15, 0.2) is 53.5 Å². The summed E-state index contributed by atoms with van der Waals surface area (Å²) in [7, 11) is 0. The topological polar surface area (TPSA) is 79.6 Å². The molecule has 0 atom stereocenters. The minimum Gasteiger partial charge on any atom is -0.357 e. The summed E-state index contributed by atoms with van der Waals surface area (Å²) in [5.74, 6) is 0.686. The molecule has 2 rings (SSSR count). The Labute approximate surface area is 141 Å². The van der Waals surface area contributed by atoms with E-state index in [2.05, 4.69) is 40.7 Å². The van der Waals surface area contributed by atoms with Gasteiger partial charge in [-0.3, -0.25) is 10.1 Å². The average molecular weight is 326 g/mol. The van der Waals surface area contributed by atoms with Gasteiger partial charge in [0, 0.05) is 25.2 Å². The van der Waals surface area contributed by atoms with Crippen LogP contribution in [0, 0.1) is 17.0 Å². The largest absolute Gasteiger partial charge is 0.357 e. The van der Waals surface area contributed by atoms with Gasteiger partial charge in [0.25, 0.3) is 5.69 Å². The van der Waals surface area contributed by atoms with Gasteiger partial charge in [0.05, 0.1) is 11.5 Å². The van der Waals surface area contributed by atoms with Gasteiger partial charge in [0.2, 0.25) is 0 Å². The molecule has 0 aliphatic rings. The SMILES string of the molecule is CCNC(=NCc1cccc([N+](=O)[O-])c1)NCc1cccc(C)c1. The molecule has 0 saturated heterocycles. The van der Waals surface area contributed by atoms with Crippen LogP contribution in [0.25, 0.3) is 0 Å². The predicted octanol–water partition coefficient (Wildman–Crippen LogP) is 3.16. The zero-order valence-corrected chi connectivity index (χ0v) is 14.0. The number of nitro benzene ring substituents is 1. The summed E-state index contributed by atoms with van der Waals surface area (Å²) in [6.45, 7) is 5.85. The van der Waals surface area contributed by atoms with Gasteiger partial charge in [-0.2, -0.15) is 0 Å². The van der Waals surface area contributed by atoms with E-state index in [4.69, 9.17) is 0 Å². The molecule has 0 saturated carbocycles. The molecule has 0 heterocycles. The number of rotatable bonds is 6. The summed E-state index contributed by atoms with van der Waals surface area (Å²) in [6.07, 6.45) is 0. The lowest BCUT2D eigenvalue weighted by Crippen LogP contribution is -2.36. The molecule has 24 heavy (non-hydrogen) atoms. The van der Waals surface area contributed by atoms with E-state index < -0.39 is 4.92 Å². The van der Waals surface area contributed by atoms with Crippen molar-refractivity contribution in [1.29, 1.82) is 0 Å². The van der Waals surface area contributed by atoms with Crippen LogP contribution in [0.2, 0.25) is 0 Å². The second kappa shape index (κ2) is 8.67. The van der Waals surface area contributed by atoms with Crippen molar-refractivity contribution >= 4 is 11.6 Å². The van der Waals surface area contributed by atoms with Crippen molar-refractivity contribution in [3.8, 4) is 0 Å². The van der Waals surface area contributed by atoms with E-state index in [1.807, 2.05) is 19.1 Å². The molecule has 0 amide bonds. The number of nitrogens with one attached hydrogen (secondary N) is 2. The van der Waals surface area contributed by atoms with Crippen molar-refractivity contribution in [3.05, 3.63) is 75.3 Å². The highest BCUT2D eigenvalue weighted by molar-refractivity contribution is 5.79. The van der Waals surface area contributed by atoms with Gasteiger partial charge in [0.15, 0.2) is 5.96 Å². The summed E-state index contributed by atoms with van der Waals surface area (Å²) in [6, 6.07) is 14.8. The first-order valence-corrected chi connectivity index (χ1v) is 7.89. The van der Waals surface area contributed by atoms with Gasteiger partial charge in [0.1, 0.15) is 0 Å². The zero-order valence-electron chi connectivity index (χ0n) is 14.0. The molecular formula is C18H22N4O2. The molecule has 2 aromatic carbocycles. The molecule has 0 unspecified atom stereocenters. The van der Waals surface area contributed by atoms with E-state index >= 15 is 0 Å². The molecule has 0 fully saturated rings. The number of aliphatic imine (C=N–C) groups is 1. The Balaban J connectivity index is 2.02. The molecule has 6 nitrogen and oxygen atoms in total. The predicted molar refractivity (Wildman–Crippen MR) is 95.9 cm³/mol. The lowest BCUT2D eigenvalue weighted by molar-refractivity contribution is -0.384. The molecule has 0 aliphatic heterocycles. The van der Waals surface area contributed by atoms with Crippen LogP contribution < -0.4 is 10.6 Å². The molecule has 0 radical (unpaired) electrons. The molecule has 6 heteroatoms. The quantitative estimate of drug-likeness (QED) is 0.370. The summed E-state index contributed by atoms with van der Waals surface area (Å²) in [5, 5.41) is 17.3. The minimum atomic E-state index is -0.394. The van der Waals surface area contributed by atoms with E-state index in [1.165, 1.54) is 17.2 Å². The maximum absolute atomic E-state index is 10.8. The average Bonchev–Trinajstić information content (AvgIpc) is 2.57. The van der Waals surface area contributed by atoms with Crippen LogP contribution in [-0.4, -0.2) is 17.4 Å². The first-order chi connectivity index (χ1) is 11.6. The highest BCUT2D eigenvalue weighted by atomic mass is 16.6. The first kappa shape index (κ1) is 17.5. The molecule has 2 N–H and O–H groups in total. The van der Waals surface area contributed by atoms with Crippen LogP contribution in [0.5, 0.6) is 0 Å². The summed E-state index contributed by atoms with van der Waals surface area (Å²) >= 11 is 0. The van der Waals surface area contributed by atoms with E-state index in [9.17, 15) is 10.1 Å². The van der Waals surface area contributed by atoms with Gasteiger partial charge in [-0.25, -0.2) is 4.99 Å². The smallest absolute Gasteiger partial charge is 0.269 e.